The third-order valence-corrected chi connectivity index (χ3v) is 7.06. The maximum absolute atomic E-state index is 13.1. The van der Waals surface area contributed by atoms with Gasteiger partial charge in [-0.15, -0.1) is 6.58 Å². The summed E-state index contributed by atoms with van der Waals surface area (Å²) in [5.74, 6) is -0.178. The summed E-state index contributed by atoms with van der Waals surface area (Å²) in [7, 11) is 0. The van der Waals surface area contributed by atoms with Crippen LogP contribution >= 0.6 is 0 Å². The molecular weight excluding hydrogens is 304 g/mol. The molecule has 3 saturated carbocycles. The van der Waals surface area contributed by atoms with Crippen LogP contribution in [0.3, 0.4) is 0 Å². The van der Waals surface area contributed by atoms with Crippen molar-refractivity contribution in [3.63, 3.8) is 0 Å². The number of hydrogen-bond acceptors (Lipinski definition) is 4. The first-order chi connectivity index (χ1) is 11.5. The average Bonchev–Trinajstić information content (AvgIpc) is 2.81. The Morgan fingerprint density at radius 2 is 1.71 bits per heavy atom. The molecule has 0 aromatic carbocycles. The lowest BCUT2D eigenvalue weighted by Crippen LogP contribution is -2.50. The zero-order valence-electron chi connectivity index (χ0n) is 15.1. The maximum atomic E-state index is 13.1. The van der Waals surface area contributed by atoms with Crippen molar-refractivity contribution < 1.29 is 19.1 Å². The van der Waals surface area contributed by atoms with E-state index in [-0.39, 0.29) is 18.6 Å². The molecule has 3 fully saturated rings. The highest BCUT2D eigenvalue weighted by atomic mass is 16.6. The SMILES string of the molecule is C=C[C@@]12CC[C@H]3CCCC[C@]3(CC1(C(=O)OCC)C(=O)OCC)C2. The van der Waals surface area contributed by atoms with Gasteiger partial charge >= 0.3 is 11.9 Å². The predicted molar refractivity (Wildman–Crippen MR) is 91.2 cm³/mol. The average molecular weight is 334 g/mol. The maximum Gasteiger partial charge on any atom is 0.324 e. The Bertz CT molecular complexity index is 522. The molecule has 2 bridgehead atoms. The van der Waals surface area contributed by atoms with Gasteiger partial charge in [0.2, 0.25) is 0 Å². The molecular formula is C20H30O4. The Morgan fingerprint density at radius 3 is 2.29 bits per heavy atom. The van der Waals surface area contributed by atoms with Crippen molar-refractivity contribution >= 4 is 11.9 Å². The molecule has 0 radical (unpaired) electrons. The van der Waals surface area contributed by atoms with Gasteiger partial charge in [-0.05, 0) is 63.7 Å². The van der Waals surface area contributed by atoms with Crippen molar-refractivity contribution in [2.45, 2.75) is 65.2 Å². The first-order valence-corrected chi connectivity index (χ1v) is 9.48. The van der Waals surface area contributed by atoms with Gasteiger partial charge in [-0.25, -0.2) is 0 Å². The number of hydrogen-bond donors (Lipinski definition) is 0. The lowest BCUT2D eigenvalue weighted by Gasteiger charge is -2.47. The summed E-state index contributed by atoms with van der Waals surface area (Å²) >= 11 is 0. The molecule has 3 rings (SSSR count). The van der Waals surface area contributed by atoms with Crippen LogP contribution in [0.15, 0.2) is 12.7 Å². The van der Waals surface area contributed by atoms with E-state index in [1.165, 1.54) is 19.3 Å². The van der Waals surface area contributed by atoms with E-state index in [4.69, 9.17) is 9.47 Å². The van der Waals surface area contributed by atoms with Crippen LogP contribution in [0, 0.1) is 22.2 Å². The summed E-state index contributed by atoms with van der Waals surface area (Å²) in [5, 5.41) is 0. The number of allylic oxidation sites excluding steroid dienone is 1. The topological polar surface area (TPSA) is 52.6 Å². The zero-order valence-corrected chi connectivity index (χ0v) is 15.1. The zero-order chi connectivity index (χ0) is 17.4. The standard InChI is InChI=1S/C20H30O4/c1-4-19-12-10-15-9-7-8-11-18(15,13-19)14-20(19,16(21)23-5-2)17(22)24-6-3/h4,15H,1,5-14H2,2-3H3/t15-,18-,19+/m1/s1. The summed E-state index contributed by atoms with van der Waals surface area (Å²) in [6.07, 6.45) is 10.0. The van der Waals surface area contributed by atoms with E-state index < -0.39 is 22.8 Å². The molecule has 0 aliphatic heterocycles. The minimum atomic E-state index is -1.20. The molecule has 0 aromatic heterocycles. The van der Waals surface area contributed by atoms with Gasteiger partial charge in [-0.1, -0.05) is 18.9 Å². The van der Waals surface area contributed by atoms with Crippen molar-refractivity contribution in [1.82, 2.24) is 0 Å². The van der Waals surface area contributed by atoms with Crippen molar-refractivity contribution in [3.05, 3.63) is 12.7 Å². The minimum absolute atomic E-state index is 0.0736. The van der Waals surface area contributed by atoms with Crippen LogP contribution in [-0.4, -0.2) is 25.2 Å². The van der Waals surface area contributed by atoms with Crippen LogP contribution in [0.25, 0.3) is 0 Å². The third-order valence-electron chi connectivity index (χ3n) is 7.06. The van der Waals surface area contributed by atoms with Crippen molar-refractivity contribution in [2.75, 3.05) is 13.2 Å². The molecule has 0 saturated heterocycles. The van der Waals surface area contributed by atoms with E-state index in [1.54, 1.807) is 13.8 Å². The van der Waals surface area contributed by atoms with Gasteiger partial charge in [-0.2, -0.15) is 0 Å². The Labute approximate surface area is 145 Å². The summed E-state index contributed by atoms with van der Waals surface area (Å²) in [4.78, 5) is 26.2. The summed E-state index contributed by atoms with van der Waals surface area (Å²) < 4.78 is 10.8. The van der Waals surface area contributed by atoms with Crippen molar-refractivity contribution in [2.24, 2.45) is 22.2 Å². The molecule has 3 aliphatic rings. The van der Waals surface area contributed by atoms with Crippen LogP contribution in [-0.2, 0) is 19.1 Å². The summed E-state index contributed by atoms with van der Waals surface area (Å²) in [5.41, 5.74) is -1.64. The highest BCUT2D eigenvalue weighted by Crippen LogP contribution is 2.73. The number of fused-ring (bicyclic) bond motifs is 1. The fourth-order valence-corrected chi connectivity index (χ4v) is 6.06. The van der Waals surface area contributed by atoms with Gasteiger partial charge in [0.25, 0.3) is 0 Å². The van der Waals surface area contributed by atoms with E-state index in [2.05, 4.69) is 6.58 Å². The van der Waals surface area contributed by atoms with Crippen molar-refractivity contribution in [1.29, 1.82) is 0 Å². The highest BCUT2D eigenvalue weighted by Gasteiger charge is 2.73. The van der Waals surface area contributed by atoms with Crippen LogP contribution in [0.2, 0.25) is 0 Å². The van der Waals surface area contributed by atoms with Gasteiger partial charge < -0.3 is 9.47 Å². The lowest BCUT2D eigenvalue weighted by atomic mass is 9.56. The normalized spacial score (nSPS) is 36.5. The minimum Gasteiger partial charge on any atom is -0.465 e. The first kappa shape index (κ1) is 17.5. The van der Waals surface area contributed by atoms with E-state index >= 15 is 0 Å². The van der Waals surface area contributed by atoms with E-state index in [0.717, 1.165) is 25.7 Å². The molecule has 3 atom stereocenters. The second-order valence-corrected chi connectivity index (χ2v) is 7.90. The molecule has 24 heavy (non-hydrogen) atoms. The molecule has 0 aromatic rings. The largest absolute Gasteiger partial charge is 0.465 e. The second kappa shape index (κ2) is 6.20. The smallest absolute Gasteiger partial charge is 0.324 e. The van der Waals surface area contributed by atoms with Gasteiger partial charge in [-0.3, -0.25) is 9.59 Å². The van der Waals surface area contributed by atoms with Crippen LogP contribution in [0.4, 0.5) is 0 Å². The fraction of sp³-hybridized carbons (Fsp3) is 0.800. The number of carbonyl (C=O) groups excluding carboxylic acids is 2. The molecule has 4 heteroatoms. The lowest BCUT2D eigenvalue weighted by molar-refractivity contribution is -0.179. The van der Waals surface area contributed by atoms with Crippen LogP contribution in [0.1, 0.15) is 65.2 Å². The Kier molecular flexibility index (Phi) is 4.52. The molecule has 0 amide bonds. The molecule has 1 spiro atoms. The Morgan fingerprint density at radius 1 is 1.04 bits per heavy atom. The van der Waals surface area contributed by atoms with E-state index in [1.807, 2.05) is 6.08 Å². The van der Waals surface area contributed by atoms with Gasteiger partial charge in [0.05, 0.1) is 13.2 Å². The number of ether oxygens (including phenoxy) is 2. The first-order valence-electron chi connectivity index (χ1n) is 9.48. The third kappa shape index (κ3) is 2.18. The van der Waals surface area contributed by atoms with Crippen LogP contribution < -0.4 is 0 Å². The number of esters is 2. The molecule has 0 heterocycles. The number of rotatable bonds is 5. The predicted octanol–water partition coefficient (Wildman–Crippen LogP) is 4.04. The molecule has 0 N–H and O–H groups in total. The summed E-state index contributed by atoms with van der Waals surface area (Å²) in [6.45, 7) is 8.20. The highest BCUT2D eigenvalue weighted by molar-refractivity contribution is 6.02. The monoisotopic (exact) mass is 334 g/mol. The van der Waals surface area contributed by atoms with Gasteiger partial charge in [0.1, 0.15) is 0 Å². The quantitative estimate of drug-likeness (QED) is 0.433. The van der Waals surface area contributed by atoms with Gasteiger partial charge in [0.15, 0.2) is 5.41 Å². The van der Waals surface area contributed by atoms with Crippen molar-refractivity contribution in [3.8, 4) is 0 Å². The molecule has 3 aliphatic carbocycles. The second-order valence-electron chi connectivity index (χ2n) is 7.90. The van der Waals surface area contributed by atoms with Crippen LogP contribution in [0.5, 0.6) is 0 Å². The molecule has 134 valence electrons. The van der Waals surface area contributed by atoms with E-state index in [9.17, 15) is 9.59 Å². The molecule has 0 unspecified atom stereocenters. The van der Waals surface area contributed by atoms with Gasteiger partial charge in [0, 0.05) is 5.41 Å². The van der Waals surface area contributed by atoms with E-state index in [0.29, 0.717) is 12.3 Å². The fourth-order valence-electron chi connectivity index (χ4n) is 6.06. The number of carbonyl (C=O) groups is 2. The molecule has 4 nitrogen and oxygen atoms in total. The summed E-state index contributed by atoms with van der Waals surface area (Å²) in [6, 6.07) is 0. The Hall–Kier alpha value is -1.32. The Balaban J connectivity index is 2.11.